The summed E-state index contributed by atoms with van der Waals surface area (Å²) in [6, 6.07) is 8.58. The van der Waals surface area contributed by atoms with Gasteiger partial charge in [-0.1, -0.05) is 75.1 Å². The predicted molar refractivity (Wildman–Crippen MR) is 174 cm³/mol. The number of carbonyl (C=O) groups excluding carboxylic acids is 2. The lowest BCUT2D eigenvalue weighted by molar-refractivity contribution is -0.115. The first kappa shape index (κ1) is 35.6. The monoisotopic (exact) mass is 692 g/mol. The van der Waals surface area contributed by atoms with Gasteiger partial charge in [0.2, 0.25) is 0 Å². The van der Waals surface area contributed by atoms with Crippen molar-refractivity contribution in [3.05, 3.63) is 68.9 Å². The molecule has 2 atom stereocenters. The normalized spacial score (nSPS) is 18.6. The van der Waals surface area contributed by atoms with Gasteiger partial charge in [0, 0.05) is 41.1 Å². The van der Waals surface area contributed by atoms with Crippen LogP contribution in [0.25, 0.3) is 0 Å². The number of nitrogens with one attached hydrogen (secondary N) is 1. The Morgan fingerprint density at radius 1 is 0.851 bits per heavy atom. The number of benzene rings is 1. The Morgan fingerprint density at radius 2 is 1.36 bits per heavy atom. The van der Waals surface area contributed by atoms with Crippen LogP contribution in [0.2, 0.25) is 0 Å². The molecular formula is C31H38Cl2N6O8. The zero-order chi connectivity index (χ0) is 35.0. The van der Waals surface area contributed by atoms with E-state index >= 15 is 0 Å². The van der Waals surface area contributed by atoms with Crippen molar-refractivity contribution in [1.82, 2.24) is 15.6 Å². The Morgan fingerprint density at radius 3 is 1.79 bits per heavy atom. The number of aliphatic hydroxyl groups excluding tert-OH is 2. The Hall–Kier alpha value is -4.24. The minimum Gasteiger partial charge on any atom is -0.497 e. The number of aromatic nitrogens is 2. The highest BCUT2D eigenvalue weighted by Crippen LogP contribution is 2.35. The topological polar surface area (TPSA) is 190 Å². The Bertz CT molecular complexity index is 1720. The maximum Gasteiger partial charge on any atom is 0.275 e. The number of hydrogen-bond donors (Lipinski definition) is 4. The van der Waals surface area contributed by atoms with Crippen molar-refractivity contribution >= 4 is 46.7 Å². The number of nitrogens with two attached hydrogens (primary N) is 1. The van der Waals surface area contributed by atoms with Crippen molar-refractivity contribution in [2.45, 2.75) is 71.4 Å². The number of ether oxygens (including phenoxy) is 2. The maximum atomic E-state index is 12.6. The standard InChI is InChI=1S/C20H24ClN3O5.C11H14ClN3O3/c1-20(2,3)14-9-15(23-29-14)24-18(25)16(21)17(19(24)26)22-10-11-6-7-12(27-4)8-13(11)28-5;1-11(2,3)5-4-6(14-18-5)15-9(16)7(12)8(13)10(15)17/h6-9,19,22,26H,10H2,1-5H3;4,10,17H,13H2,1-3H3. The summed E-state index contributed by atoms with van der Waals surface area (Å²) in [4.78, 5) is 26.5. The highest BCUT2D eigenvalue weighted by molar-refractivity contribution is 6.46. The highest BCUT2D eigenvalue weighted by atomic mass is 35.5. The van der Waals surface area contributed by atoms with Crippen LogP contribution in [0.1, 0.15) is 58.6 Å². The minimum absolute atomic E-state index is 0.0815. The van der Waals surface area contributed by atoms with Gasteiger partial charge in [0.25, 0.3) is 11.8 Å². The predicted octanol–water partition coefficient (Wildman–Crippen LogP) is 3.94. The van der Waals surface area contributed by atoms with Gasteiger partial charge in [-0.25, -0.2) is 0 Å². The van der Waals surface area contributed by atoms with Gasteiger partial charge < -0.3 is 39.8 Å². The molecule has 2 aliphatic heterocycles. The second-order valence-electron chi connectivity index (χ2n) is 12.7. The molecule has 2 aromatic heterocycles. The summed E-state index contributed by atoms with van der Waals surface area (Å²) in [5.41, 5.74) is 5.89. The first-order valence-corrected chi connectivity index (χ1v) is 15.1. The summed E-state index contributed by atoms with van der Waals surface area (Å²) in [5, 5.41) is 30.9. The van der Waals surface area contributed by atoms with Gasteiger partial charge in [0.15, 0.2) is 24.1 Å². The molecule has 0 bridgehead atoms. The molecule has 14 nitrogen and oxygen atoms in total. The number of nitrogens with zero attached hydrogens (tertiary/aromatic N) is 4. The van der Waals surface area contributed by atoms with E-state index in [4.69, 9.17) is 47.5 Å². The lowest BCUT2D eigenvalue weighted by atomic mass is 9.93. The molecule has 0 radical (unpaired) electrons. The van der Waals surface area contributed by atoms with Gasteiger partial charge in [-0.2, -0.15) is 0 Å². The van der Waals surface area contributed by atoms with Gasteiger partial charge in [-0.15, -0.1) is 0 Å². The van der Waals surface area contributed by atoms with E-state index < -0.39 is 24.3 Å². The molecule has 1 aromatic carbocycles. The Kier molecular flexibility index (Phi) is 10.2. The van der Waals surface area contributed by atoms with Crippen LogP contribution in [-0.4, -0.2) is 59.0 Å². The van der Waals surface area contributed by atoms with E-state index in [0.29, 0.717) is 23.0 Å². The summed E-state index contributed by atoms with van der Waals surface area (Å²) in [5.74, 6) is 1.70. The number of anilines is 2. The molecule has 2 unspecified atom stereocenters. The molecule has 0 fully saturated rings. The molecule has 4 heterocycles. The quantitative estimate of drug-likeness (QED) is 0.279. The minimum atomic E-state index is -1.31. The summed E-state index contributed by atoms with van der Waals surface area (Å²) in [7, 11) is 3.12. The van der Waals surface area contributed by atoms with Crippen LogP contribution in [0.4, 0.5) is 11.6 Å². The van der Waals surface area contributed by atoms with Gasteiger partial charge in [-0.3, -0.25) is 19.4 Å². The van der Waals surface area contributed by atoms with Crippen LogP contribution >= 0.6 is 23.2 Å². The Balaban J connectivity index is 0.000000238. The van der Waals surface area contributed by atoms with Gasteiger partial charge >= 0.3 is 0 Å². The van der Waals surface area contributed by atoms with Crippen LogP contribution in [0, 0.1) is 0 Å². The zero-order valence-corrected chi connectivity index (χ0v) is 28.7. The van der Waals surface area contributed by atoms with E-state index in [1.165, 1.54) is 0 Å². The van der Waals surface area contributed by atoms with Crippen molar-refractivity contribution in [3.63, 3.8) is 0 Å². The van der Waals surface area contributed by atoms with E-state index in [1.54, 1.807) is 38.5 Å². The first-order chi connectivity index (χ1) is 21.9. The fourth-order valence-corrected chi connectivity index (χ4v) is 4.89. The van der Waals surface area contributed by atoms with E-state index in [2.05, 4.69) is 15.6 Å². The molecule has 0 saturated heterocycles. The van der Waals surface area contributed by atoms with Gasteiger partial charge in [-0.05, 0) is 12.1 Å². The number of rotatable bonds is 7. The molecule has 0 saturated carbocycles. The molecule has 47 heavy (non-hydrogen) atoms. The SMILES string of the molecule is CC(C)(C)c1cc(N2C(=O)C(Cl)=C(N)C2O)no1.COc1ccc(CNC2=C(Cl)C(=O)N(c3cc(C(C)(C)C)on3)C2O)c(OC)c1. The average molecular weight is 694 g/mol. The molecule has 254 valence electrons. The molecule has 3 aromatic rings. The van der Waals surface area contributed by atoms with Gasteiger partial charge in [0.1, 0.15) is 33.1 Å². The third-order valence-corrected chi connectivity index (χ3v) is 8.00. The molecule has 16 heteroatoms. The van der Waals surface area contributed by atoms with E-state index in [1.807, 2.05) is 47.6 Å². The van der Waals surface area contributed by atoms with E-state index in [0.717, 1.165) is 15.4 Å². The molecule has 5 rings (SSSR count). The number of aliphatic hydroxyl groups is 2. The van der Waals surface area contributed by atoms with Crippen LogP contribution in [-0.2, 0) is 27.0 Å². The lowest BCUT2D eigenvalue weighted by Gasteiger charge is -2.20. The molecule has 5 N–H and O–H groups in total. The molecule has 2 amide bonds. The number of carbonyl (C=O) groups is 2. The second-order valence-corrected chi connectivity index (χ2v) is 13.5. The highest BCUT2D eigenvalue weighted by Gasteiger charge is 2.41. The largest absolute Gasteiger partial charge is 0.497 e. The van der Waals surface area contributed by atoms with Crippen LogP contribution in [0.5, 0.6) is 11.5 Å². The Labute approximate surface area is 281 Å². The number of hydrogen-bond acceptors (Lipinski definition) is 12. The first-order valence-electron chi connectivity index (χ1n) is 14.4. The summed E-state index contributed by atoms with van der Waals surface area (Å²) < 4.78 is 21.0. The fraction of sp³-hybridized carbons (Fsp3) is 0.419. The zero-order valence-electron chi connectivity index (χ0n) is 27.2. The van der Waals surface area contributed by atoms with Crippen LogP contribution in [0.3, 0.4) is 0 Å². The number of halogens is 2. The number of amides is 2. The molecular weight excluding hydrogens is 655 g/mol. The lowest BCUT2D eigenvalue weighted by Crippen LogP contribution is -2.38. The maximum absolute atomic E-state index is 12.6. The van der Waals surface area contributed by atoms with E-state index in [9.17, 15) is 19.8 Å². The number of methoxy groups -OCH3 is 2. The van der Waals surface area contributed by atoms with E-state index in [-0.39, 0.29) is 50.5 Å². The fourth-order valence-electron chi connectivity index (χ4n) is 4.45. The van der Waals surface area contributed by atoms with Crippen molar-refractivity contribution in [2.75, 3.05) is 24.0 Å². The van der Waals surface area contributed by atoms with Gasteiger partial charge in [0.05, 0.1) is 25.6 Å². The molecule has 2 aliphatic rings. The second kappa shape index (κ2) is 13.5. The summed E-state index contributed by atoms with van der Waals surface area (Å²) in [6.45, 7) is 12.0. The van der Waals surface area contributed by atoms with Crippen molar-refractivity contribution in [3.8, 4) is 11.5 Å². The third-order valence-electron chi connectivity index (χ3n) is 7.26. The van der Waals surface area contributed by atoms with Crippen LogP contribution in [0.15, 0.2) is 60.8 Å². The van der Waals surface area contributed by atoms with Crippen molar-refractivity contribution in [2.24, 2.45) is 5.73 Å². The van der Waals surface area contributed by atoms with Crippen molar-refractivity contribution < 1.29 is 38.3 Å². The molecule has 0 aliphatic carbocycles. The van der Waals surface area contributed by atoms with Crippen LogP contribution < -0.4 is 30.3 Å². The third kappa shape index (κ3) is 7.20. The van der Waals surface area contributed by atoms with Crippen molar-refractivity contribution in [1.29, 1.82) is 0 Å². The smallest absolute Gasteiger partial charge is 0.275 e. The summed E-state index contributed by atoms with van der Waals surface area (Å²) >= 11 is 11.9. The molecule has 0 spiro atoms. The average Bonchev–Trinajstić information content (AvgIpc) is 3.78. The summed E-state index contributed by atoms with van der Waals surface area (Å²) in [6.07, 6.45) is -2.61.